The van der Waals surface area contributed by atoms with Crippen LogP contribution < -0.4 is 4.74 Å². The molecule has 0 atom stereocenters. The number of hydrogen-bond donors (Lipinski definition) is 0. The van der Waals surface area contributed by atoms with E-state index >= 15 is 0 Å². The molecule has 124 valence electrons. The Morgan fingerprint density at radius 2 is 1.83 bits per heavy atom. The zero-order valence-corrected chi connectivity index (χ0v) is 14.3. The molecule has 6 nitrogen and oxygen atoms in total. The lowest BCUT2D eigenvalue weighted by Gasteiger charge is -2.16. The van der Waals surface area contributed by atoms with Crippen LogP contribution in [0.5, 0.6) is 6.01 Å². The fourth-order valence-electron chi connectivity index (χ4n) is 1.92. The first kappa shape index (κ1) is 17.1. The summed E-state index contributed by atoms with van der Waals surface area (Å²) in [5.74, 6) is 0.347. The summed E-state index contributed by atoms with van der Waals surface area (Å²) < 4.78 is 11.7. The smallest absolute Gasteiger partial charge is 0.336 e. The average Bonchev–Trinajstić information content (AvgIpc) is 2.90. The van der Waals surface area contributed by atoms with Gasteiger partial charge in [-0.3, -0.25) is 4.79 Å². The van der Waals surface area contributed by atoms with Gasteiger partial charge in [0.25, 0.3) is 5.91 Å². The highest BCUT2D eigenvalue weighted by Gasteiger charge is 2.28. The van der Waals surface area contributed by atoms with Gasteiger partial charge in [-0.1, -0.05) is 50.6 Å². The largest absolute Gasteiger partial charge is 0.460 e. The summed E-state index contributed by atoms with van der Waals surface area (Å²) >= 11 is 0. The molecule has 0 aliphatic carbocycles. The molecule has 0 bridgehead atoms. The van der Waals surface area contributed by atoms with E-state index < -0.39 is 5.41 Å². The van der Waals surface area contributed by atoms with Crippen LogP contribution in [0.1, 0.15) is 31.1 Å². The Labute approximate surface area is 136 Å². The minimum absolute atomic E-state index is 0.137. The maximum atomic E-state index is 12.7. The number of aryl methyl sites for hydroxylation is 1. The van der Waals surface area contributed by atoms with Gasteiger partial charge in [0.2, 0.25) is 0 Å². The summed E-state index contributed by atoms with van der Waals surface area (Å²) in [6.07, 6.45) is 0. The molecular weight excluding hydrogens is 294 g/mol. The third kappa shape index (κ3) is 4.16. The van der Waals surface area contributed by atoms with Gasteiger partial charge >= 0.3 is 6.01 Å². The van der Waals surface area contributed by atoms with Crippen molar-refractivity contribution in [3.8, 4) is 17.4 Å². The summed E-state index contributed by atoms with van der Waals surface area (Å²) in [4.78, 5) is 17.0. The van der Waals surface area contributed by atoms with Gasteiger partial charge in [-0.05, 0) is 6.92 Å². The van der Waals surface area contributed by atoms with E-state index in [9.17, 15) is 4.79 Å². The maximum Gasteiger partial charge on any atom is 0.336 e. The Balaban J connectivity index is 2.41. The van der Waals surface area contributed by atoms with Crippen LogP contribution in [0.2, 0.25) is 0 Å². The van der Waals surface area contributed by atoms with Crippen LogP contribution in [0.15, 0.2) is 24.3 Å². The lowest BCUT2D eigenvalue weighted by molar-refractivity contribution is 0.0747. The first-order chi connectivity index (χ1) is 10.8. The third-order valence-electron chi connectivity index (χ3n) is 3.25. The molecule has 0 radical (unpaired) electrons. The monoisotopic (exact) mass is 317 g/mol. The van der Waals surface area contributed by atoms with Crippen molar-refractivity contribution in [1.82, 2.24) is 14.8 Å². The van der Waals surface area contributed by atoms with Gasteiger partial charge in [0.05, 0.1) is 6.61 Å². The van der Waals surface area contributed by atoms with Gasteiger partial charge < -0.3 is 9.47 Å². The SMILES string of the molecule is COCCOc1nc(-c2ccc(C)cc2)n(C(=O)C(C)(C)C)n1. The molecule has 6 heteroatoms. The van der Waals surface area contributed by atoms with Gasteiger partial charge in [0.15, 0.2) is 5.82 Å². The van der Waals surface area contributed by atoms with E-state index in [1.807, 2.05) is 52.0 Å². The van der Waals surface area contributed by atoms with Crippen LogP contribution in [0.3, 0.4) is 0 Å². The van der Waals surface area contributed by atoms with E-state index in [4.69, 9.17) is 9.47 Å². The number of rotatable bonds is 5. The Morgan fingerprint density at radius 3 is 2.39 bits per heavy atom. The van der Waals surface area contributed by atoms with Crippen LogP contribution in [0.4, 0.5) is 0 Å². The molecule has 1 heterocycles. The van der Waals surface area contributed by atoms with E-state index in [1.54, 1.807) is 7.11 Å². The fourth-order valence-corrected chi connectivity index (χ4v) is 1.92. The highest BCUT2D eigenvalue weighted by atomic mass is 16.5. The van der Waals surface area contributed by atoms with Crippen molar-refractivity contribution in [2.24, 2.45) is 5.41 Å². The van der Waals surface area contributed by atoms with E-state index in [0.717, 1.165) is 11.1 Å². The Hall–Kier alpha value is -2.21. The van der Waals surface area contributed by atoms with E-state index in [2.05, 4.69) is 10.1 Å². The molecule has 0 aliphatic heterocycles. The second-order valence-electron chi connectivity index (χ2n) is 6.39. The topological polar surface area (TPSA) is 66.2 Å². The predicted octanol–water partition coefficient (Wildman–Crippen LogP) is 2.97. The molecule has 0 aliphatic rings. The number of nitrogens with zero attached hydrogens (tertiary/aromatic N) is 3. The van der Waals surface area contributed by atoms with E-state index in [0.29, 0.717) is 19.0 Å². The number of methoxy groups -OCH3 is 1. The number of ether oxygens (including phenoxy) is 2. The van der Waals surface area contributed by atoms with E-state index in [1.165, 1.54) is 4.68 Å². The lowest BCUT2D eigenvalue weighted by atomic mass is 9.95. The molecule has 1 aromatic heterocycles. The molecular formula is C17H23N3O3. The Bertz CT molecular complexity index is 669. The second-order valence-corrected chi connectivity index (χ2v) is 6.39. The number of carbonyl (C=O) groups is 1. The summed E-state index contributed by atoms with van der Waals surface area (Å²) in [5, 5.41) is 4.23. The molecule has 23 heavy (non-hydrogen) atoms. The lowest BCUT2D eigenvalue weighted by Crippen LogP contribution is -2.28. The summed E-state index contributed by atoms with van der Waals surface area (Å²) in [6.45, 7) is 8.32. The maximum absolute atomic E-state index is 12.7. The Kier molecular flexibility index (Phi) is 5.15. The predicted molar refractivity (Wildman–Crippen MR) is 87.6 cm³/mol. The van der Waals surface area contributed by atoms with E-state index in [-0.39, 0.29) is 11.9 Å². The normalized spacial score (nSPS) is 11.5. The summed E-state index contributed by atoms with van der Waals surface area (Å²) in [6, 6.07) is 7.97. The molecule has 0 spiro atoms. The number of carbonyl (C=O) groups excluding carboxylic acids is 1. The van der Waals surface area contributed by atoms with Crippen molar-refractivity contribution >= 4 is 5.91 Å². The van der Waals surface area contributed by atoms with Gasteiger partial charge in [0, 0.05) is 18.1 Å². The first-order valence-electron chi connectivity index (χ1n) is 7.53. The quantitative estimate of drug-likeness (QED) is 0.793. The van der Waals surface area contributed by atoms with Crippen molar-refractivity contribution in [1.29, 1.82) is 0 Å². The molecule has 1 aromatic carbocycles. The fraction of sp³-hybridized carbons (Fsp3) is 0.471. The molecule has 0 saturated carbocycles. The second kappa shape index (κ2) is 6.91. The first-order valence-corrected chi connectivity index (χ1v) is 7.53. The molecule has 2 rings (SSSR count). The van der Waals surface area contributed by atoms with Crippen molar-refractivity contribution in [2.45, 2.75) is 27.7 Å². The zero-order valence-electron chi connectivity index (χ0n) is 14.3. The molecule has 0 fully saturated rings. The Morgan fingerprint density at radius 1 is 1.17 bits per heavy atom. The van der Waals surface area contributed by atoms with Gasteiger partial charge in [0.1, 0.15) is 6.61 Å². The van der Waals surface area contributed by atoms with Crippen molar-refractivity contribution in [3.05, 3.63) is 29.8 Å². The molecule has 0 N–H and O–H groups in total. The average molecular weight is 317 g/mol. The zero-order chi connectivity index (χ0) is 17.0. The van der Waals surface area contributed by atoms with Crippen molar-refractivity contribution in [2.75, 3.05) is 20.3 Å². The number of benzene rings is 1. The highest BCUT2D eigenvalue weighted by Crippen LogP contribution is 2.25. The number of hydrogen-bond acceptors (Lipinski definition) is 5. The molecule has 0 unspecified atom stereocenters. The third-order valence-corrected chi connectivity index (χ3v) is 3.25. The molecule has 0 saturated heterocycles. The van der Waals surface area contributed by atoms with Gasteiger partial charge in [-0.15, -0.1) is 5.10 Å². The van der Waals surface area contributed by atoms with Crippen LogP contribution in [-0.4, -0.2) is 41.0 Å². The van der Waals surface area contributed by atoms with Crippen LogP contribution in [-0.2, 0) is 4.74 Å². The summed E-state index contributed by atoms with van der Waals surface area (Å²) in [7, 11) is 1.59. The minimum atomic E-state index is -0.572. The highest BCUT2D eigenvalue weighted by molar-refractivity contribution is 5.86. The van der Waals surface area contributed by atoms with Crippen molar-refractivity contribution < 1.29 is 14.3 Å². The van der Waals surface area contributed by atoms with Crippen LogP contribution >= 0.6 is 0 Å². The van der Waals surface area contributed by atoms with Crippen molar-refractivity contribution in [3.63, 3.8) is 0 Å². The molecule has 2 aromatic rings. The van der Waals surface area contributed by atoms with Gasteiger partial charge in [-0.25, -0.2) is 0 Å². The van der Waals surface area contributed by atoms with Gasteiger partial charge in [-0.2, -0.15) is 9.67 Å². The summed E-state index contributed by atoms with van der Waals surface area (Å²) in [5.41, 5.74) is 1.39. The molecule has 0 amide bonds. The van der Waals surface area contributed by atoms with Crippen LogP contribution in [0.25, 0.3) is 11.4 Å². The minimum Gasteiger partial charge on any atom is -0.460 e. The standard InChI is InChI=1S/C17H23N3O3/c1-12-6-8-13(9-7-12)14-18-16(23-11-10-22-5)19-20(14)15(21)17(2,3)4/h6-9H,10-11H2,1-5H3. The number of aromatic nitrogens is 3. The van der Waals surface area contributed by atoms with Crippen LogP contribution in [0, 0.1) is 12.3 Å².